The summed E-state index contributed by atoms with van der Waals surface area (Å²) in [4.78, 5) is 40.3. The molecule has 0 bridgehead atoms. The maximum absolute atomic E-state index is 13.1. The van der Waals surface area contributed by atoms with Gasteiger partial charge in [-0.15, -0.1) is 0 Å². The molecule has 0 spiro atoms. The highest BCUT2D eigenvalue weighted by atomic mass is 32.1. The number of benzene rings is 2. The number of rotatable bonds is 4. The lowest BCUT2D eigenvalue weighted by Gasteiger charge is -2.01. The standard InChI is InChI=1S/C21H14FN3O4S/c1-12(26)29-16-4-2-3-14(9-16)11-18-20(28)25-21(30-18)23-19(27)17(24-25)10-13-5-7-15(22)8-6-13/h2-9,11H,10H2,1H3/b18-11-. The molecule has 0 atom stereocenters. The molecule has 2 heterocycles. The molecule has 0 unspecified atom stereocenters. The van der Waals surface area contributed by atoms with Crippen LogP contribution in [-0.2, 0) is 11.2 Å². The molecule has 2 aromatic heterocycles. The molecular weight excluding hydrogens is 409 g/mol. The van der Waals surface area contributed by atoms with Crippen LogP contribution < -0.4 is 20.4 Å². The minimum absolute atomic E-state index is 0.0948. The van der Waals surface area contributed by atoms with Gasteiger partial charge in [0.15, 0.2) is 0 Å². The molecule has 150 valence electrons. The molecule has 0 aliphatic carbocycles. The van der Waals surface area contributed by atoms with Gasteiger partial charge in [0, 0.05) is 13.3 Å². The minimum atomic E-state index is -0.538. The van der Waals surface area contributed by atoms with E-state index in [1.165, 1.54) is 19.1 Å². The number of ether oxygens (including phenoxy) is 1. The van der Waals surface area contributed by atoms with E-state index in [0.717, 1.165) is 15.9 Å². The third-order valence-corrected chi connectivity index (χ3v) is 5.11. The number of fused-ring (bicyclic) bond motifs is 1. The van der Waals surface area contributed by atoms with Gasteiger partial charge in [-0.3, -0.25) is 14.4 Å². The predicted octanol–water partition coefficient (Wildman–Crippen LogP) is 1.71. The number of carbonyl (C=O) groups excluding carboxylic acids is 1. The van der Waals surface area contributed by atoms with Gasteiger partial charge < -0.3 is 4.74 Å². The number of nitrogens with zero attached hydrogens (tertiary/aromatic N) is 3. The smallest absolute Gasteiger partial charge is 0.308 e. The quantitative estimate of drug-likeness (QED) is 0.367. The number of thiazole rings is 1. The van der Waals surface area contributed by atoms with Gasteiger partial charge in [-0.2, -0.15) is 14.6 Å². The molecule has 0 N–H and O–H groups in total. The fourth-order valence-corrected chi connectivity index (χ4v) is 3.74. The zero-order valence-electron chi connectivity index (χ0n) is 15.7. The third kappa shape index (κ3) is 4.15. The molecule has 0 amide bonds. The predicted molar refractivity (Wildman–Crippen MR) is 109 cm³/mol. The van der Waals surface area contributed by atoms with Crippen LogP contribution in [0.4, 0.5) is 4.39 Å². The van der Waals surface area contributed by atoms with Gasteiger partial charge in [0.25, 0.3) is 11.1 Å². The summed E-state index contributed by atoms with van der Waals surface area (Å²) in [5.41, 5.74) is 0.466. The maximum Gasteiger partial charge on any atom is 0.308 e. The van der Waals surface area contributed by atoms with Crippen molar-refractivity contribution in [2.45, 2.75) is 13.3 Å². The van der Waals surface area contributed by atoms with Crippen molar-refractivity contribution in [3.05, 3.63) is 96.4 Å². The Hall–Kier alpha value is -3.72. The fourth-order valence-electron chi connectivity index (χ4n) is 2.83. The second-order valence-electron chi connectivity index (χ2n) is 6.44. The summed E-state index contributed by atoms with van der Waals surface area (Å²) in [6, 6.07) is 12.4. The van der Waals surface area contributed by atoms with E-state index in [-0.39, 0.29) is 22.9 Å². The van der Waals surface area contributed by atoms with Crippen LogP contribution in [0.1, 0.15) is 23.7 Å². The Labute approximate surface area is 172 Å². The summed E-state index contributed by atoms with van der Waals surface area (Å²) in [5.74, 6) is -0.467. The Morgan fingerprint density at radius 2 is 1.97 bits per heavy atom. The summed E-state index contributed by atoms with van der Waals surface area (Å²) in [6.45, 7) is 1.30. The highest BCUT2D eigenvalue weighted by Gasteiger charge is 2.12. The molecule has 0 saturated carbocycles. The van der Waals surface area contributed by atoms with Crippen LogP contribution in [-0.4, -0.2) is 20.6 Å². The van der Waals surface area contributed by atoms with Crippen molar-refractivity contribution in [3.8, 4) is 5.75 Å². The van der Waals surface area contributed by atoms with Crippen LogP contribution in [0.5, 0.6) is 5.75 Å². The molecule has 0 aliphatic heterocycles. The number of aromatic nitrogens is 3. The van der Waals surface area contributed by atoms with E-state index in [0.29, 0.717) is 21.4 Å². The SMILES string of the molecule is CC(=O)Oc1cccc(/C=c2\sc3nc(=O)c(Cc4ccc(F)cc4)nn3c2=O)c1. The van der Waals surface area contributed by atoms with Gasteiger partial charge in [0.1, 0.15) is 17.3 Å². The average Bonchev–Trinajstić information content (AvgIpc) is 2.98. The van der Waals surface area contributed by atoms with Crippen molar-refractivity contribution in [1.29, 1.82) is 0 Å². The Morgan fingerprint density at radius 1 is 1.20 bits per heavy atom. The highest BCUT2D eigenvalue weighted by molar-refractivity contribution is 7.15. The van der Waals surface area contributed by atoms with Gasteiger partial charge in [0.2, 0.25) is 4.96 Å². The van der Waals surface area contributed by atoms with E-state index in [1.807, 2.05) is 0 Å². The fraction of sp³-hybridized carbons (Fsp3) is 0.0952. The number of carbonyl (C=O) groups is 1. The van der Waals surface area contributed by atoms with Gasteiger partial charge in [0.05, 0.1) is 4.53 Å². The second kappa shape index (κ2) is 7.96. The first-order valence-electron chi connectivity index (χ1n) is 8.86. The first-order chi connectivity index (χ1) is 14.4. The van der Waals surface area contributed by atoms with Crippen LogP contribution in [0.2, 0.25) is 0 Å². The van der Waals surface area contributed by atoms with Crippen molar-refractivity contribution in [2.24, 2.45) is 0 Å². The highest BCUT2D eigenvalue weighted by Crippen LogP contribution is 2.14. The van der Waals surface area contributed by atoms with Crippen molar-refractivity contribution in [3.63, 3.8) is 0 Å². The summed E-state index contributed by atoms with van der Waals surface area (Å²) in [7, 11) is 0. The van der Waals surface area contributed by atoms with Crippen LogP contribution in [0.25, 0.3) is 11.0 Å². The average molecular weight is 423 g/mol. The molecular formula is C21H14FN3O4S. The lowest BCUT2D eigenvalue weighted by Crippen LogP contribution is -2.28. The maximum atomic E-state index is 13.1. The molecule has 4 aromatic rings. The zero-order chi connectivity index (χ0) is 21.3. The van der Waals surface area contributed by atoms with Crippen molar-refractivity contribution in [2.75, 3.05) is 0 Å². The van der Waals surface area contributed by atoms with E-state index in [1.54, 1.807) is 42.5 Å². The number of hydrogen-bond acceptors (Lipinski definition) is 7. The Morgan fingerprint density at radius 3 is 2.70 bits per heavy atom. The molecule has 7 nitrogen and oxygen atoms in total. The summed E-state index contributed by atoms with van der Waals surface area (Å²) in [6.07, 6.45) is 1.74. The van der Waals surface area contributed by atoms with Gasteiger partial charge in [-0.1, -0.05) is 35.6 Å². The molecule has 30 heavy (non-hydrogen) atoms. The van der Waals surface area contributed by atoms with Gasteiger partial charge >= 0.3 is 5.97 Å². The molecule has 0 fully saturated rings. The molecule has 0 saturated heterocycles. The monoisotopic (exact) mass is 423 g/mol. The van der Waals surface area contributed by atoms with Gasteiger partial charge in [-0.05, 0) is 41.5 Å². The number of esters is 1. The first kappa shape index (κ1) is 19.6. The Bertz CT molecular complexity index is 1430. The molecule has 2 aromatic carbocycles. The summed E-state index contributed by atoms with van der Waals surface area (Å²) < 4.78 is 19.5. The Balaban J connectivity index is 1.75. The van der Waals surface area contributed by atoms with E-state index in [9.17, 15) is 18.8 Å². The normalized spacial score (nSPS) is 11.7. The van der Waals surface area contributed by atoms with E-state index >= 15 is 0 Å². The van der Waals surface area contributed by atoms with Crippen LogP contribution in [0, 0.1) is 5.82 Å². The third-order valence-electron chi connectivity index (χ3n) is 4.15. The molecule has 0 aliphatic rings. The van der Waals surface area contributed by atoms with Crippen LogP contribution in [0.3, 0.4) is 0 Å². The Kier molecular flexibility index (Phi) is 5.20. The topological polar surface area (TPSA) is 90.6 Å². The lowest BCUT2D eigenvalue weighted by atomic mass is 10.1. The molecule has 0 radical (unpaired) electrons. The van der Waals surface area contributed by atoms with Crippen molar-refractivity contribution >= 4 is 28.3 Å². The van der Waals surface area contributed by atoms with E-state index < -0.39 is 17.1 Å². The second-order valence-corrected chi connectivity index (χ2v) is 7.45. The van der Waals surface area contributed by atoms with Gasteiger partial charge in [-0.25, -0.2) is 4.39 Å². The zero-order valence-corrected chi connectivity index (χ0v) is 16.5. The minimum Gasteiger partial charge on any atom is -0.427 e. The molecule has 9 heteroatoms. The molecule has 4 rings (SSSR count). The lowest BCUT2D eigenvalue weighted by molar-refractivity contribution is -0.131. The summed E-state index contributed by atoms with van der Waals surface area (Å²) >= 11 is 1.03. The van der Waals surface area contributed by atoms with Crippen LogP contribution in [0.15, 0.2) is 58.1 Å². The van der Waals surface area contributed by atoms with E-state index in [2.05, 4.69) is 10.1 Å². The number of halogens is 1. The van der Waals surface area contributed by atoms with Crippen molar-refractivity contribution in [1.82, 2.24) is 14.6 Å². The van der Waals surface area contributed by atoms with Crippen molar-refractivity contribution < 1.29 is 13.9 Å². The number of hydrogen-bond donors (Lipinski definition) is 0. The first-order valence-corrected chi connectivity index (χ1v) is 9.68. The largest absolute Gasteiger partial charge is 0.427 e. The van der Waals surface area contributed by atoms with Crippen LogP contribution >= 0.6 is 11.3 Å². The van der Waals surface area contributed by atoms with E-state index in [4.69, 9.17) is 4.74 Å². The summed E-state index contributed by atoms with van der Waals surface area (Å²) in [5, 5.41) is 4.17.